The summed E-state index contributed by atoms with van der Waals surface area (Å²) in [4.78, 5) is 28.6. The van der Waals surface area contributed by atoms with Crippen molar-refractivity contribution in [1.82, 2.24) is 20.5 Å². The number of aromatic nitrogens is 3. The van der Waals surface area contributed by atoms with E-state index in [2.05, 4.69) is 25.8 Å². The summed E-state index contributed by atoms with van der Waals surface area (Å²) in [6.45, 7) is -2.89. The fraction of sp³-hybridized carbons (Fsp3) is 0.353. The summed E-state index contributed by atoms with van der Waals surface area (Å²) in [5, 5.41) is 13.8. The Bertz CT molecular complexity index is 1200. The number of amides is 2. The summed E-state index contributed by atoms with van der Waals surface area (Å²) < 4.78 is 72.2. The highest BCUT2D eigenvalue weighted by Gasteiger charge is 2.48. The van der Waals surface area contributed by atoms with E-state index in [1.54, 1.807) is 5.32 Å². The maximum Gasteiger partial charge on any atom is 0.273 e. The van der Waals surface area contributed by atoms with E-state index in [0.717, 1.165) is 12.5 Å². The van der Waals surface area contributed by atoms with Gasteiger partial charge in [-0.05, 0) is 12.1 Å². The second kappa shape index (κ2) is 7.89. The van der Waals surface area contributed by atoms with E-state index in [1.165, 1.54) is 18.3 Å². The van der Waals surface area contributed by atoms with Gasteiger partial charge in [-0.15, -0.1) is 5.10 Å². The fourth-order valence-corrected chi connectivity index (χ4v) is 3.59. The van der Waals surface area contributed by atoms with E-state index in [1.807, 2.05) is 0 Å². The number of sulfone groups is 1. The lowest BCUT2D eigenvalue weighted by atomic mass is 9.81. The average Bonchev–Trinajstić information content (AvgIpc) is 2.65. The minimum Gasteiger partial charge on any atom is -0.354 e. The van der Waals surface area contributed by atoms with E-state index in [9.17, 15) is 26.8 Å². The number of rotatable bonds is 6. The molecule has 0 spiro atoms. The second-order valence-electron chi connectivity index (χ2n) is 6.63. The molecule has 0 bridgehead atoms. The fourth-order valence-electron chi connectivity index (χ4n) is 2.81. The molecule has 0 aliphatic heterocycles. The Morgan fingerprint density at radius 2 is 2.07 bits per heavy atom. The van der Waals surface area contributed by atoms with Crippen molar-refractivity contribution in [2.75, 3.05) is 23.9 Å². The molecule has 1 fully saturated rings. The molecule has 0 atom stereocenters. The summed E-state index contributed by atoms with van der Waals surface area (Å²) in [5.41, 5.74) is -1.14. The Hall–Kier alpha value is -3.22. The number of alkyl halides is 2. The summed E-state index contributed by atoms with van der Waals surface area (Å²) >= 11 is 0. The lowest BCUT2D eigenvalue weighted by Gasteiger charge is -2.33. The Morgan fingerprint density at radius 3 is 2.70 bits per heavy atom. The van der Waals surface area contributed by atoms with Gasteiger partial charge >= 0.3 is 0 Å². The smallest absolute Gasteiger partial charge is 0.273 e. The minimum atomic E-state index is -3.79. The van der Waals surface area contributed by atoms with Gasteiger partial charge in [-0.1, -0.05) is 0 Å². The van der Waals surface area contributed by atoms with E-state index in [-0.39, 0.29) is 22.1 Å². The molecule has 160 valence electrons. The molecule has 0 saturated heterocycles. The minimum absolute atomic E-state index is 0.217. The lowest BCUT2D eigenvalue weighted by molar-refractivity contribution is -0.145. The van der Waals surface area contributed by atoms with Gasteiger partial charge in [0.2, 0.25) is 11.8 Å². The zero-order valence-corrected chi connectivity index (χ0v) is 16.3. The van der Waals surface area contributed by atoms with Gasteiger partial charge in [0.1, 0.15) is 10.7 Å². The van der Waals surface area contributed by atoms with E-state index in [0.29, 0.717) is 0 Å². The van der Waals surface area contributed by atoms with Crippen LogP contribution in [-0.2, 0) is 14.6 Å². The van der Waals surface area contributed by atoms with Crippen LogP contribution in [0.15, 0.2) is 29.4 Å². The van der Waals surface area contributed by atoms with Crippen molar-refractivity contribution >= 4 is 38.8 Å². The van der Waals surface area contributed by atoms with Gasteiger partial charge in [0.05, 0.1) is 17.6 Å². The van der Waals surface area contributed by atoms with Crippen molar-refractivity contribution in [2.24, 2.45) is 5.92 Å². The number of pyridine rings is 1. The average molecular weight is 443 g/mol. The van der Waals surface area contributed by atoms with Crippen LogP contribution in [0.2, 0.25) is 0 Å². The molecule has 13 heteroatoms. The SMILES string of the molecule is [2H]C([2H])([2H])NC(=O)c1nncc(NC(=O)C2CC(F)(F)C2)c1Nc1ncccc1S(C)(=O)=O. The molecule has 30 heavy (non-hydrogen) atoms. The van der Waals surface area contributed by atoms with Crippen molar-refractivity contribution in [3.8, 4) is 0 Å². The predicted octanol–water partition coefficient (Wildman–Crippen LogP) is 1.36. The molecule has 10 nitrogen and oxygen atoms in total. The van der Waals surface area contributed by atoms with Crippen LogP contribution in [0.25, 0.3) is 0 Å². The Labute approximate surface area is 174 Å². The molecule has 2 aromatic rings. The maximum atomic E-state index is 13.2. The Kier molecular flexibility index (Phi) is 4.64. The third kappa shape index (κ3) is 4.50. The van der Waals surface area contributed by atoms with E-state index < -0.39 is 59.0 Å². The quantitative estimate of drug-likeness (QED) is 0.607. The number of halogens is 2. The van der Waals surface area contributed by atoms with Crippen LogP contribution in [0, 0.1) is 5.92 Å². The molecular formula is C17H18F2N6O4S. The monoisotopic (exact) mass is 443 g/mol. The highest BCUT2D eigenvalue weighted by molar-refractivity contribution is 7.90. The predicted molar refractivity (Wildman–Crippen MR) is 102 cm³/mol. The van der Waals surface area contributed by atoms with E-state index in [4.69, 9.17) is 4.11 Å². The summed E-state index contributed by atoms with van der Waals surface area (Å²) in [7, 11) is -3.79. The molecule has 1 aliphatic carbocycles. The molecule has 0 unspecified atom stereocenters. The van der Waals surface area contributed by atoms with Crippen molar-refractivity contribution in [3.05, 3.63) is 30.2 Å². The molecule has 1 saturated carbocycles. The molecule has 1 aliphatic rings. The van der Waals surface area contributed by atoms with Crippen LogP contribution in [0.1, 0.15) is 27.4 Å². The van der Waals surface area contributed by atoms with Crippen LogP contribution >= 0.6 is 0 Å². The molecule has 0 aromatic carbocycles. The van der Waals surface area contributed by atoms with Crippen molar-refractivity contribution in [2.45, 2.75) is 23.7 Å². The third-order valence-corrected chi connectivity index (χ3v) is 5.44. The van der Waals surface area contributed by atoms with Crippen molar-refractivity contribution < 1.29 is 30.9 Å². The van der Waals surface area contributed by atoms with Crippen LogP contribution in [-0.4, -0.2) is 54.6 Å². The first-order chi connectivity index (χ1) is 15.2. The molecule has 3 N–H and O–H groups in total. The topological polar surface area (TPSA) is 143 Å². The first-order valence-corrected chi connectivity index (χ1v) is 10.3. The summed E-state index contributed by atoms with van der Waals surface area (Å²) in [6.07, 6.45) is 1.84. The zero-order valence-electron chi connectivity index (χ0n) is 18.4. The summed E-state index contributed by atoms with van der Waals surface area (Å²) in [5.74, 6) is -6.21. The molecular weight excluding hydrogens is 422 g/mol. The van der Waals surface area contributed by atoms with Gasteiger partial charge in [-0.3, -0.25) is 9.59 Å². The van der Waals surface area contributed by atoms with Gasteiger partial charge in [0.15, 0.2) is 15.5 Å². The van der Waals surface area contributed by atoms with Crippen molar-refractivity contribution in [3.63, 3.8) is 0 Å². The largest absolute Gasteiger partial charge is 0.354 e. The Morgan fingerprint density at radius 1 is 1.33 bits per heavy atom. The van der Waals surface area contributed by atoms with Gasteiger partial charge in [-0.25, -0.2) is 22.2 Å². The molecule has 3 rings (SSSR count). The molecule has 2 amide bonds. The molecule has 2 aromatic heterocycles. The van der Waals surface area contributed by atoms with Crippen LogP contribution < -0.4 is 16.0 Å². The zero-order chi connectivity index (χ0) is 24.6. The van der Waals surface area contributed by atoms with Gasteiger partial charge in [-0.2, -0.15) is 5.10 Å². The Balaban J connectivity index is 2.03. The summed E-state index contributed by atoms with van der Waals surface area (Å²) in [6, 6.07) is 2.59. The van der Waals surface area contributed by atoms with Gasteiger partial charge in [0.25, 0.3) is 5.91 Å². The highest BCUT2D eigenvalue weighted by atomic mass is 32.2. The number of hydrogen-bond donors (Lipinski definition) is 3. The molecule has 0 radical (unpaired) electrons. The third-order valence-electron chi connectivity index (χ3n) is 4.31. The standard InChI is InChI=1S/C17H18F2N6O4S/c1-20-16(27)13-12(24-14-11(30(2,28)29)4-3-5-21-14)10(8-22-25-13)23-15(26)9-6-17(18,19)7-9/h3-5,8-9H,6-7H2,1-2H3,(H,20,27)(H,21,22,24)(H,23,25,26)/i1D3. The van der Waals surface area contributed by atoms with E-state index >= 15 is 0 Å². The number of nitrogens with one attached hydrogen (secondary N) is 3. The van der Waals surface area contributed by atoms with Crippen LogP contribution in [0.4, 0.5) is 26.0 Å². The van der Waals surface area contributed by atoms with Crippen molar-refractivity contribution in [1.29, 1.82) is 0 Å². The molecule has 2 heterocycles. The maximum absolute atomic E-state index is 13.2. The number of carbonyl (C=O) groups excluding carboxylic acids is 2. The normalized spacial score (nSPS) is 17.6. The van der Waals surface area contributed by atoms with Crippen LogP contribution in [0.5, 0.6) is 0 Å². The highest BCUT2D eigenvalue weighted by Crippen LogP contribution is 2.43. The first kappa shape index (κ1) is 17.6. The number of nitrogens with zero attached hydrogens (tertiary/aromatic N) is 3. The van der Waals surface area contributed by atoms with Crippen LogP contribution in [0.3, 0.4) is 0 Å². The van der Waals surface area contributed by atoms with Gasteiger partial charge in [0, 0.05) is 42.3 Å². The van der Waals surface area contributed by atoms with Gasteiger partial charge < -0.3 is 16.0 Å². The number of anilines is 3. The first-order valence-electron chi connectivity index (χ1n) is 9.95. The number of hydrogen-bond acceptors (Lipinski definition) is 8. The lowest BCUT2D eigenvalue weighted by Crippen LogP contribution is -2.42. The number of carbonyl (C=O) groups is 2. The second-order valence-corrected chi connectivity index (χ2v) is 8.62.